The Morgan fingerprint density at radius 1 is 1.03 bits per heavy atom. The van der Waals surface area contributed by atoms with E-state index in [1.807, 2.05) is 6.07 Å². The summed E-state index contributed by atoms with van der Waals surface area (Å²) in [7, 11) is 0. The van der Waals surface area contributed by atoms with Gasteiger partial charge in [-0.1, -0.05) is 36.4 Å². The largest absolute Gasteiger partial charge is 0.488 e. The highest BCUT2D eigenvalue weighted by Crippen LogP contribution is 2.25. The lowest BCUT2D eigenvalue weighted by Gasteiger charge is -2.25. The molecule has 2 aromatic carbocycles. The van der Waals surface area contributed by atoms with Crippen molar-refractivity contribution in [3.05, 3.63) is 95.0 Å². The number of benzene rings is 2. The van der Waals surface area contributed by atoms with E-state index in [0.717, 1.165) is 4.90 Å². The van der Waals surface area contributed by atoms with Gasteiger partial charge in [0.25, 0.3) is 11.8 Å². The molecule has 0 saturated carbocycles. The maximum atomic E-state index is 12.9. The van der Waals surface area contributed by atoms with Crippen molar-refractivity contribution in [1.82, 2.24) is 10.2 Å². The van der Waals surface area contributed by atoms with Crippen LogP contribution in [0.15, 0.2) is 76.9 Å². The summed E-state index contributed by atoms with van der Waals surface area (Å²) in [4.78, 5) is 38.4. The lowest BCUT2D eigenvalue weighted by Crippen LogP contribution is -2.53. The Kier molecular flexibility index (Phi) is 5.81. The molecule has 0 bridgehead atoms. The second kappa shape index (κ2) is 9.02. The molecule has 4 amide bonds. The number of ether oxygens (including phenoxy) is 1. The summed E-state index contributed by atoms with van der Waals surface area (Å²) in [6.07, 6.45) is 2.81. The fourth-order valence-corrected chi connectivity index (χ4v) is 3.19. The number of nitrogens with zero attached hydrogens (tertiary/aromatic N) is 2. The predicted molar refractivity (Wildman–Crippen MR) is 113 cm³/mol. The van der Waals surface area contributed by atoms with E-state index in [0.29, 0.717) is 28.2 Å². The summed E-state index contributed by atoms with van der Waals surface area (Å²) in [6, 6.07) is 18.5. The molecule has 1 aliphatic rings. The van der Waals surface area contributed by atoms with Crippen LogP contribution < -0.4 is 10.1 Å². The highest BCUT2D eigenvalue weighted by Gasteiger charge is 2.36. The van der Waals surface area contributed by atoms with Crippen LogP contribution in [-0.2, 0) is 22.7 Å². The first-order valence-corrected chi connectivity index (χ1v) is 9.68. The van der Waals surface area contributed by atoms with E-state index in [4.69, 9.17) is 9.15 Å². The molecule has 0 radical (unpaired) electrons. The van der Waals surface area contributed by atoms with Gasteiger partial charge in [-0.2, -0.15) is 5.26 Å². The average molecular weight is 427 g/mol. The molecule has 0 atom stereocenters. The first-order chi connectivity index (χ1) is 15.6. The van der Waals surface area contributed by atoms with Crippen molar-refractivity contribution < 1.29 is 23.5 Å². The van der Waals surface area contributed by atoms with Crippen molar-refractivity contribution >= 4 is 23.9 Å². The topological polar surface area (TPSA) is 113 Å². The summed E-state index contributed by atoms with van der Waals surface area (Å²) < 4.78 is 11.1. The van der Waals surface area contributed by atoms with Crippen LogP contribution in [0.2, 0.25) is 0 Å². The minimum absolute atomic E-state index is 0.106. The molecule has 158 valence electrons. The van der Waals surface area contributed by atoms with Gasteiger partial charge in [-0.3, -0.25) is 19.8 Å². The molecule has 1 aromatic heterocycles. The van der Waals surface area contributed by atoms with Gasteiger partial charge in [0.2, 0.25) is 0 Å². The zero-order chi connectivity index (χ0) is 22.5. The number of carbonyl (C=O) groups is 3. The normalized spacial score (nSPS) is 14.9. The van der Waals surface area contributed by atoms with E-state index in [2.05, 4.69) is 11.4 Å². The first kappa shape index (κ1) is 20.6. The molecule has 1 fully saturated rings. The van der Waals surface area contributed by atoms with E-state index >= 15 is 0 Å². The second-order valence-corrected chi connectivity index (χ2v) is 6.88. The molecule has 1 saturated heterocycles. The Balaban J connectivity index is 1.60. The summed E-state index contributed by atoms with van der Waals surface area (Å²) in [5, 5.41) is 11.4. The van der Waals surface area contributed by atoms with Crippen LogP contribution in [0.4, 0.5) is 4.79 Å². The molecule has 0 aliphatic carbocycles. The Morgan fingerprint density at radius 3 is 2.59 bits per heavy atom. The van der Waals surface area contributed by atoms with Gasteiger partial charge in [0.1, 0.15) is 23.7 Å². The SMILES string of the molecule is N#Cc1ccccc1COc1ccccc1/C=C1\C(=O)NC(=O)N(Cc2ccco2)C1=O. The summed E-state index contributed by atoms with van der Waals surface area (Å²) in [6.45, 7) is 0.0263. The number of barbiturate groups is 1. The van der Waals surface area contributed by atoms with Crippen molar-refractivity contribution in [1.29, 1.82) is 5.26 Å². The maximum Gasteiger partial charge on any atom is 0.331 e. The molecule has 2 heterocycles. The molecule has 1 N–H and O–H groups in total. The third-order valence-electron chi connectivity index (χ3n) is 4.82. The van der Waals surface area contributed by atoms with Crippen LogP contribution in [0.1, 0.15) is 22.5 Å². The summed E-state index contributed by atoms with van der Waals surface area (Å²) in [5.74, 6) is -0.704. The molecule has 3 aromatic rings. The number of carbonyl (C=O) groups excluding carboxylic acids is 3. The Labute approximate surface area is 183 Å². The molecular weight excluding hydrogens is 410 g/mol. The van der Waals surface area contributed by atoms with Crippen molar-refractivity contribution in [3.8, 4) is 11.8 Å². The Bertz CT molecular complexity index is 1250. The number of hydrogen-bond donors (Lipinski definition) is 1. The number of rotatable bonds is 6. The van der Waals surface area contributed by atoms with Gasteiger partial charge in [0.05, 0.1) is 24.4 Å². The molecule has 8 nitrogen and oxygen atoms in total. The van der Waals surface area contributed by atoms with Crippen LogP contribution >= 0.6 is 0 Å². The van der Waals surface area contributed by atoms with Gasteiger partial charge < -0.3 is 9.15 Å². The number of para-hydroxylation sites is 1. The molecule has 0 spiro atoms. The maximum absolute atomic E-state index is 12.9. The van der Waals surface area contributed by atoms with Gasteiger partial charge >= 0.3 is 6.03 Å². The number of amides is 4. The van der Waals surface area contributed by atoms with E-state index < -0.39 is 17.8 Å². The minimum atomic E-state index is -0.814. The van der Waals surface area contributed by atoms with E-state index in [1.165, 1.54) is 12.3 Å². The Morgan fingerprint density at radius 2 is 1.81 bits per heavy atom. The lowest BCUT2D eigenvalue weighted by molar-refractivity contribution is -0.130. The zero-order valence-electron chi connectivity index (χ0n) is 16.8. The van der Waals surface area contributed by atoms with Gasteiger partial charge in [-0.15, -0.1) is 0 Å². The number of nitrogens with one attached hydrogen (secondary N) is 1. The van der Waals surface area contributed by atoms with E-state index in [1.54, 1.807) is 54.6 Å². The highest BCUT2D eigenvalue weighted by molar-refractivity contribution is 6.31. The molecule has 1 aliphatic heterocycles. The number of hydrogen-bond acceptors (Lipinski definition) is 6. The molecular formula is C24H17N3O5. The van der Waals surface area contributed by atoms with Crippen LogP contribution in [-0.4, -0.2) is 22.7 Å². The van der Waals surface area contributed by atoms with E-state index in [-0.39, 0.29) is 18.7 Å². The molecule has 0 unspecified atom stereocenters. The van der Waals surface area contributed by atoms with Crippen LogP contribution in [0.25, 0.3) is 6.08 Å². The quantitative estimate of drug-likeness (QED) is 0.477. The minimum Gasteiger partial charge on any atom is -0.488 e. The van der Waals surface area contributed by atoms with E-state index in [9.17, 15) is 19.6 Å². The number of nitriles is 1. The lowest BCUT2D eigenvalue weighted by atomic mass is 10.1. The standard InChI is InChI=1S/C24H17N3O5/c25-13-17-7-1-2-8-18(17)15-32-21-10-4-3-6-16(21)12-20-22(28)26-24(30)27(23(20)29)14-19-9-5-11-31-19/h1-12H,14-15H2,(H,26,28,30)/b20-12+. The summed E-state index contributed by atoms with van der Waals surface area (Å²) in [5.41, 5.74) is 1.48. The number of furan rings is 1. The highest BCUT2D eigenvalue weighted by atomic mass is 16.5. The fraction of sp³-hybridized carbons (Fsp3) is 0.0833. The van der Waals surface area contributed by atoms with Crippen molar-refractivity contribution in [2.75, 3.05) is 0 Å². The first-order valence-electron chi connectivity index (χ1n) is 9.68. The smallest absolute Gasteiger partial charge is 0.331 e. The zero-order valence-corrected chi connectivity index (χ0v) is 16.8. The molecule has 32 heavy (non-hydrogen) atoms. The fourth-order valence-electron chi connectivity index (χ4n) is 3.19. The third kappa shape index (κ3) is 4.27. The van der Waals surface area contributed by atoms with Crippen molar-refractivity contribution in [3.63, 3.8) is 0 Å². The van der Waals surface area contributed by atoms with Crippen molar-refractivity contribution in [2.24, 2.45) is 0 Å². The molecule has 8 heteroatoms. The predicted octanol–water partition coefficient (Wildman–Crippen LogP) is 3.39. The number of urea groups is 1. The van der Waals surface area contributed by atoms with Gasteiger partial charge in [-0.25, -0.2) is 4.79 Å². The molecule has 4 rings (SSSR count). The second-order valence-electron chi connectivity index (χ2n) is 6.88. The van der Waals surface area contributed by atoms with Crippen molar-refractivity contribution in [2.45, 2.75) is 13.2 Å². The number of imide groups is 2. The summed E-state index contributed by atoms with van der Waals surface area (Å²) >= 11 is 0. The van der Waals surface area contributed by atoms with Crippen LogP contribution in [0.5, 0.6) is 5.75 Å². The van der Waals surface area contributed by atoms with Crippen LogP contribution in [0.3, 0.4) is 0 Å². The van der Waals surface area contributed by atoms with Gasteiger partial charge in [-0.05, 0) is 30.3 Å². The van der Waals surface area contributed by atoms with Crippen LogP contribution in [0, 0.1) is 11.3 Å². The Hall–Kier alpha value is -4.64. The third-order valence-corrected chi connectivity index (χ3v) is 4.82. The monoisotopic (exact) mass is 427 g/mol. The average Bonchev–Trinajstić information content (AvgIpc) is 3.32. The van der Waals surface area contributed by atoms with Gasteiger partial charge in [0.15, 0.2) is 0 Å². The van der Waals surface area contributed by atoms with Gasteiger partial charge in [0, 0.05) is 11.1 Å².